The van der Waals surface area contributed by atoms with E-state index in [1.807, 2.05) is 0 Å². The maximum absolute atomic E-state index is 13.5. The number of phenolic OH excluding ortho intramolecular Hbond substituents is 2. The Balaban J connectivity index is 2.15. The van der Waals surface area contributed by atoms with Gasteiger partial charge >= 0.3 is 5.97 Å². The Hall–Kier alpha value is -3.62. The van der Waals surface area contributed by atoms with E-state index >= 15 is 0 Å². The summed E-state index contributed by atoms with van der Waals surface area (Å²) in [5.41, 5.74) is -1.58. The zero-order valence-corrected chi connectivity index (χ0v) is 17.8. The topological polar surface area (TPSA) is 139 Å². The summed E-state index contributed by atoms with van der Waals surface area (Å²) in [5, 5.41) is 24.0. The molecule has 3 rings (SSSR count). The van der Waals surface area contributed by atoms with E-state index in [4.69, 9.17) is 4.74 Å². The fraction of sp³-hybridized carbons (Fsp3) is 0.364. The van der Waals surface area contributed by atoms with E-state index in [2.05, 4.69) is 10.1 Å². The number of Topliss-reactive ketones (excluding diaryl/α,β-unsaturated/α-hetero) is 2. The SMILES string of the molecule is COC(=O)CCNC(C)=C1C(=O)C=C2Oc3c(C(C)=O)c(O)c(C)c(O)c3[C@@]2(C)C1=O. The van der Waals surface area contributed by atoms with E-state index in [0.717, 1.165) is 6.08 Å². The van der Waals surface area contributed by atoms with Crippen molar-refractivity contribution in [3.63, 3.8) is 0 Å². The van der Waals surface area contributed by atoms with Gasteiger partial charge in [-0.2, -0.15) is 0 Å². The molecule has 3 N–H and O–H groups in total. The highest BCUT2D eigenvalue weighted by molar-refractivity contribution is 6.31. The monoisotopic (exact) mass is 429 g/mol. The first-order valence-electron chi connectivity index (χ1n) is 9.57. The number of allylic oxidation sites excluding steroid dienone is 4. The summed E-state index contributed by atoms with van der Waals surface area (Å²) in [6.07, 6.45) is 1.17. The first kappa shape index (κ1) is 22.1. The summed E-state index contributed by atoms with van der Waals surface area (Å²) in [7, 11) is 1.26. The van der Waals surface area contributed by atoms with Crippen molar-refractivity contribution >= 4 is 23.3 Å². The molecule has 0 amide bonds. The number of ketones is 3. The molecular weight excluding hydrogens is 406 g/mol. The second-order valence-electron chi connectivity index (χ2n) is 7.64. The van der Waals surface area contributed by atoms with Crippen LogP contribution in [0.5, 0.6) is 17.2 Å². The predicted octanol–water partition coefficient (Wildman–Crippen LogP) is 1.72. The number of fused-ring (bicyclic) bond motifs is 3. The molecule has 1 aliphatic carbocycles. The van der Waals surface area contributed by atoms with Gasteiger partial charge in [-0.25, -0.2) is 0 Å². The quantitative estimate of drug-likeness (QED) is 0.276. The van der Waals surface area contributed by atoms with E-state index in [1.54, 1.807) is 0 Å². The first-order valence-corrected chi connectivity index (χ1v) is 9.57. The molecule has 1 heterocycles. The number of esters is 1. The van der Waals surface area contributed by atoms with E-state index in [-0.39, 0.29) is 58.2 Å². The standard InChI is InChI=1S/C22H23NO8/c1-9-18(27)16(11(3)24)20-17(19(9)28)22(4)13(31-20)8-12(25)15(21(22)29)10(2)23-7-6-14(26)30-5/h8,23,27-28H,6-7H2,1-5H3/t22-/m0/s1. The Morgan fingerprint density at radius 2 is 1.84 bits per heavy atom. The largest absolute Gasteiger partial charge is 0.507 e. The van der Waals surface area contributed by atoms with Gasteiger partial charge in [0.05, 0.1) is 24.7 Å². The first-order chi connectivity index (χ1) is 14.5. The molecule has 0 radical (unpaired) electrons. The molecule has 31 heavy (non-hydrogen) atoms. The van der Waals surface area contributed by atoms with Gasteiger partial charge in [-0.1, -0.05) is 0 Å². The molecule has 1 aromatic rings. The van der Waals surface area contributed by atoms with E-state index in [0.29, 0.717) is 0 Å². The van der Waals surface area contributed by atoms with Crippen LogP contribution in [0.4, 0.5) is 0 Å². The highest BCUT2D eigenvalue weighted by atomic mass is 16.5. The van der Waals surface area contributed by atoms with Gasteiger partial charge in [0, 0.05) is 23.9 Å². The fourth-order valence-corrected chi connectivity index (χ4v) is 3.90. The van der Waals surface area contributed by atoms with Crippen LogP contribution in [0.2, 0.25) is 0 Å². The maximum atomic E-state index is 13.5. The lowest BCUT2D eigenvalue weighted by atomic mass is 9.70. The Morgan fingerprint density at radius 3 is 2.42 bits per heavy atom. The average Bonchev–Trinajstić information content (AvgIpc) is 2.99. The van der Waals surface area contributed by atoms with Crippen LogP contribution in [0, 0.1) is 6.92 Å². The summed E-state index contributed by atoms with van der Waals surface area (Å²) in [5.74, 6) is -3.22. The van der Waals surface area contributed by atoms with Crippen LogP contribution < -0.4 is 10.1 Å². The van der Waals surface area contributed by atoms with Crippen molar-refractivity contribution in [2.24, 2.45) is 0 Å². The molecule has 1 aromatic carbocycles. The van der Waals surface area contributed by atoms with E-state index in [1.165, 1.54) is 34.8 Å². The maximum Gasteiger partial charge on any atom is 0.307 e. The van der Waals surface area contributed by atoms with Crippen LogP contribution in [0.1, 0.15) is 48.7 Å². The number of phenols is 2. The third-order valence-corrected chi connectivity index (χ3v) is 5.71. The van der Waals surface area contributed by atoms with Crippen molar-refractivity contribution in [1.29, 1.82) is 0 Å². The molecule has 9 nitrogen and oxygen atoms in total. The molecule has 0 saturated heterocycles. The molecule has 1 atom stereocenters. The summed E-state index contributed by atoms with van der Waals surface area (Å²) < 4.78 is 10.3. The van der Waals surface area contributed by atoms with Crippen molar-refractivity contribution in [1.82, 2.24) is 5.32 Å². The van der Waals surface area contributed by atoms with Crippen molar-refractivity contribution < 1.29 is 38.9 Å². The predicted molar refractivity (Wildman–Crippen MR) is 108 cm³/mol. The summed E-state index contributed by atoms with van der Waals surface area (Å²) in [6.45, 7) is 5.81. The second-order valence-corrected chi connectivity index (χ2v) is 7.64. The lowest BCUT2D eigenvalue weighted by Crippen LogP contribution is -2.41. The normalized spacial score (nSPS) is 21.0. The molecule has 0 bridgehead atoms. The second kappa shape index (κ2) is 7.57. The average molecular weight is 429 g/mol. The number of ether oxygens (including phenoxy) is 2. The molecular formula is C22H23NO8. The zero-order chi connectivity index (χ0) is 23.2. The molecule has 1 aliphatic heterocycles. The number of carbonyl (C=O) groups is 4. The number of hydrogen-bond acceptors (Lipinski definition) is 9. The van der Waals surface area contributed by atoms with Gasteiger partial charge < -0.3 is 25.0 Å². The fourth-order valence-electron chi connectivity index (χ4n) is 3.90. The van der Waals surface area contributed by atoms with Crippen LogP contribution in [0.3, 0.4) is 0 Å². The lowest BCUT2D eigenvalue weighted by molar-refractivity contribution is -0.140. The highest BCUT2D eigenvalue weighted by Crippen LogP contribution is 2.57. The van der Waals surface area contributed by atoms with Gasteiger partial charge in [0.25, 0.3) is 0 Å². The Labute approximate surface area is 178 Å². The van der Waals surface area contributed by atoms with Crippen LogP contribution >= 0.6 is 0 Å². The third kappa shape index (κ3) is 3.17. The molecule has 0 fully saturated rings. The molecule has 164 valence electrons. The number of carbonyl (C=O) groups excluding carboxylic acids is 4. The van der Waals surface area contributed by atoms with Crippen molar-refractivity contribution in [2.45, 2.75) is 39.5 Å². The van der Waals surface area contributed by atoms with Gasteiger partial charge in [0.2, 0.25) is 0 Å². The lowest BCUT2D eigenvalue weighted by Gasteiger charge is -2.29. The summed E-state index contributed by atoms with van der Waals surface area (Å²) in [6, 6.07) is 0. The van der Waals surface area contributed by atoms with Crippen LogP contribution in [0.15, 0.2) is 23.1 Å². The minimum atomic E-state index is -1.57. The molecule has 9 heteroatoms. The van der Waals surface area contributed by atoms with Gasteiger partial charge in [0.15, 0.2) is 17.3 Å². The molecule has 0 aromatic heterocycles. The molecule has 2 aliphatic rings. The van der Waals surface area contributed by atoms with Crippen LogP contribution in [-0.4, -0.2) is 47.2 Å². The van der Waals surface area contributed by atoms with Crippen LogP contribution in [-0.2, 0) is 24.5 Å². The zero-order valence-electron chi connectivity index (χ0n) is 17.8. The number of nitrogens with one attached hydrogen (secondary N) is 1. The minimum Gasteiger partial charge on any atom is -0.507 e. The number of benzene rings is 1. The molecule has 0 spiro atoms. The van der Waals surface area contributed by atoms with Gasteiger partial charge in [-0.05, 0) is 27.7 Å². The number of aromatic hydroxyl groups is 2. The summed E-state index contributed by atoms with van der Waals surface area (Å²) in [4.78, 5) is 49.7. The molecule has 0 unspecified atom stereocenters. The highest BCUT2D eigenvalue weighted by Gasteiger charge is 2.56. The van der Waals surface area contributed by atoms with Crippen molar-refractivity contribution in [2.75, 3.05) is 13.7 Å². The van der Waals surface area contributed by atoms with Gasteiger partial charge in [0.1, 0.15) is 34.0 Å². The summed E-state index contributed by atoms with van der Waals surface area (Å²) >= 11 is 0. The minimum absolute atomic E-state index is 0.0246. The molecule has 0 saturated carbocycles. The van der Waals surface area contributed by atoms with E-state index in [9.17, 15) is 29.4 Å². The Bertz CT molecular complexity index is 1110. The Morgan fingerprint density at radius 1 is 1.19 bits per heavy atom. The van der Waals surface area contributed by atoms with Crippen LogP contribution in [0.25, 0.3) is 0 Å². The van der Waals surface area contributed by atoms with Gasteiger partial charge in [-0.3, -0.25) is 19.2 Å². The number of hydrogen-bond donors (Lipinski definition) is 3. The van der Waals surface area contributed by atoms with E-state index < -0.39 is 34.5 Å². The number of rotatable bonds is 5. The van der Waals surface area contributed by atoms with Gasteiger partial charge in [-0.15, -0.1) is 0 Å². The number of methoxy groups -OCH3 is 1. The van der Waals surface area contributed by atoms with Crippen molar-refractivity contribution in [3.8, 4) is 17.2 Å². The third-order valence-electron chi connectivity index (χ3n) is 5.71. The van der Waals surface area contributed by atoms with Crippen molar-refractivity contribution in [3.05, 3.63) is 39.8 Å². The Kier molecular flexibility index (Phi) is 5.39. The smallest absolute Gasteiger partial charge is 0.307 e.